The lowest BCUT2D eigenvalue weighted by Crippen LogP contribution is -2.02. The highest BCUT2D eigenvalue weighted by Crippen LogP contribution is 2.12. The Morgan fingerprint density at radius 2 is 2.29 bits per heavy atom. The quantitative estimate of drug-likeness (QED) is 0.795. The molecule has 14 heavy (non-hydrogen) atoms. The smallest absolute Gasteiger partial charge is 0.113 e. The highest BCUT2D eigenvalue weighted by Gasteiger charge is 2.05. The number of aryl methyl sites for hydroxylation is 2. The normalized spacial score (nSPS) is 11.0. The third-order valence-electron chi connectivity index (χ3n) is 2.41. The van der Waals surface area contributed by atoms with Crippen molar-refractivity contribution >= 4 is 5.52 Å². The van der Waals surface area contributed by atoms with Gasteiger partial charge in [0.1, 0.15) is 5.82 Å². The Hall–Kier alpha value is -1.35. The van der Waals surface area contributed by atoms with Gasteiger partial charge in [-0.1, -0.05) is 6.07 Å². The molecule has 0 unspecified atom stereocenters. The van der Waals surface area contributed by atoms with E-state index in [0.717, 1.165) is 30.9 Å². The summed E-state index contributed by atoms with van der Waals surface area (Å²) in [6, 6.07) is 6.16. The van der Waals surface area contributed by atoms with Crippen molar-refractivity contribution in [3.63, 3.8) is 0 Å². The van der Waals surface area contributed by atoms with Crippen LogP contribution in [-0.4, -0.2) is 15.9 Å². The Morgan fingerprint density at radius 3 is 3.07 bits per heavy atom. The number of fused-ring (bicyclic) bond motifs is 1. The predicted octanol–water partition coefficient (Wildman–Crippen LogP) is 1.53. The van der Waals surface area contributed by atoms with Gasteiger partial charge in [-0.15, -0.1) is 0 Å². The molecule has 0 aliphatic carbocycles. The zero-order valence-corrected chi connectivity index (χ0v) is 8.40. The summed E-state index contributed by atoms with van der Waals surface area (Å²) in [5.41, 5.74) is 7.78. The van der Waals surface area contributed by atoms with Gasteiger partial charge < -0.3 is 10.1 Å². The van der Waals surface area contributed by atoms with Crippen LogP contribution in [-0.2, 0) is 6.42 Å². The number of rotatable bonds is 3. The molecule has 0 bridgehead atoms. The molecule has 0 saturated carbocycles. The molecule has 0 radical (unpaired) electrons. The molecular weight excluding hydrogens is 174 g/mol. The standard InChI is InChI=1S/C11H15N3/c1-9-10-5-2-3-8-14(10)11(13-9)6-4-7-12/h2-3,5,8H,4,6-7,12H2,1H3. The van der Waals surface area contributed by atoms with E-state index in [-0.39, 0.29) is 0 Å². The minimum absolute atomic E-state index is 0.723. The highest BCUT2D eigenvalue weighted by molar-refractivity contribution is 5.52. The molecule has 0 spiro atoms. The Kier molecular flexibility index (Phi) is 2.50. The van der Waals surface area contributed by atoms with Gasteiger partial charge in [-0.2, -0.15) is 0 Å². The van der Waals surface area contributed by atoms with Crippen LogP contribution in [0.5, 0.6) is 0 Å². The van der Waals surface area contributed by atoms with E-state index in [1.165, 1.54) is 5.52 Å². The van der Waals surface area contributed by atoms with E-state index >= 15 is 0 Å². The van der Waals surface area contributed by atoms with Gasteiger partial charge >= 0.3 is 0 Å². The zero-order chi connectivity index (χ0) is 9.97. The predicted molar refractivity (Wildman–Crippen MR) is 57.3 cm³/mol. The van der Waals surface area contributed by atoms with Crippen molar-refractivity contribution in [1.29, 1.82) is 0 Å². The van der Waals surface area contributed by atoms with E-state index in [1.807, 2.05) is 19.1 Å². The van der Waals surface area contributed by atoms with Gasteiger partial charge in [0, 0.05) is 12.6 Å². The van der Waals surface area contributed by atoms with Crippen LogP contribution in [0.1, 0.15) is 17.9 Å². The number of imidazole rings is 1. The van der Waals surface area contributed by atoms with Gasteiger partial charge in [-0.05, 0) is 32.0 Å². The summed E-state index contributed by atoms with van der Waals surface area (Å²) in [5, 5.41) is 0. The molecule has 2 aromatic rings. The van der Waals surface area contributed by atoms with E-state index in [2.05, 4.69) is 21.6 Å². The van der Waals surface area contributed by atoms with E-state index in [1.54, 1.807) is 0 Å². The van der Waals surface area contributed by atoms with E-state index in [4.69, 9.17) is 5.73 Å². The second kappa shape index (κ2) is 3.80. The van der Waals surface area contributed by atoms with Gasteiger partial charge in [-0.3, -0.25) is 0 Å². The molecule has 3 nitrogen and oxygen atoms in total. The third kappa shape index (κ3) is 1.51. The summed E-state index contributed by atoms with van der Waals surface area (Å²) in [6.45, 7) is 2.77. The molecular formula is C11H15N3. The van der Waals surface area contributed by atoms with Crippen molar-refractivity contribution in [3.05, 3.63) is 35.9 Å². The van der Waals surface area contributed by atoms with Gasteiger partial charge in [0.25, 0.3) is 0 Å². The molecule has 2 heterocycles. The average molecular weight is 189 g/mol. The fraction of sp³-hybridized carbons (Fsp3) is 0.364. The molecule has 0 aliphatic heterocycles. The van der Waals surface area contributed by atoms with E-state index < -0.39 is 0 Å². The SMILES string of the molecule is Cc1nc(CCCN)n2ccccc12. The van der Waals surface area contributed by atoms with Gasteiger partial charge in [0.2, 0.25) is 0 Å². The molecule has 0 amide bonds. The summed E-state index contributed by atoms with van der Waals surface area (Å²) in [5.74, 6) is 1.11. The van der Waals surface area contributed by atoms with Crippen LogP contribution in [0.4, 0.5) is 0 Å². The average Bonchev–Trinajstić information content (AvgIpc) is 2.54. The van der Waals surface area contributed by atoms with Crippen LogP contribution in [0, 0.1) is 6.92 Å². The molecule has 0 aliphatic rings. The molecule has 0 saturated heterocycles. The van der Waals surface area contributed by atoms with Crippen molar-refractivity contribution < 1.29 is 0 Å². The second-order valence-electron chi connectivity index (χ2n) is 3.46. The van der Waals surface area contributed by atoms with Crippen LogP contribution < -0.4 is 5.73 Å². The molecule has 2 rings (SSSR count). The monoisotopic (exact) mass is 189 g/mol. The maximum Gasteiger partial charge on any atom is 0.113 e. The van der Waals surface area contributed by atoms with Gasteiger partial charge in [-0.25, -0.2) is 4.98 Å². The van der Waals surface area contributed by atoms with Crippen molar-refractivity contribution in [1.82, 2.24) is 9.38 Å². The summed E-state index contributed by atoms with van der Waals surface area (Å²) in [7, 11) is 0. The maximum atomic E-state index is 5.49. The Balaban J connectivity index is 2.44. The van der Waals surface area contributed by atoms with Crippen molar-refractivity contribution in [2.75, 3.05) is 6.54 Å². The Labute approximate surface area is 83.6 Å². The van der Waals surface area contributed by atoms with Crippen molar-refractivity contribution in [3.8, 4) is 0 Å². The van der Waals surface area contributed by atoms with Crippen LogP contribution >= 0.6 is 0 Å². The van der Waals surface area contributed by atoms with Gasteiger partial charge in [0.05, 0.1) is 11.2 Å². The molecule has 2 N–H and O–H groups in total. The lowest BCUT2D eigenvalue weighted by molar-refractivity contribution is 0.776. The van der Waals surface area contributed by atoms with Gasteiger partial charge in [0.15, 0.2) is 0 Å². The number of aromatic nitrogens is 2. The Morgan fingerprint density at radius 1 is 1.43 bits per heavy atom. The number of hydrogen-bond acceptors (Lipinski definition) is 2. The van der Waals surface area contributed by atoms with Crippen LogP contribution in [0.25, 0.3) is 5.52 Å². The first-order valence-corrected chi connectivity index (χ1v) is 4.95. The maximum absolute atomic E-state index is 5.49. The van der Waals surface area contributed by atoms with E-state index in [9.17, 15) is 0 Å². The fourth-order valence-corrected chi connectivity index (χ4v) is 1.70. The lowest BCUT2D eigenvalue weighted by atomic mass is 10.3. The fourth-order valence-electron chi connectivity index (χ4n) is 1.70. The van der Waals surface area contributed by atoms with Crippen LogP contribution in [0.3, 0.4) is 0 Å². The number of pyridine rings is 1. The highest BCUT2D eigenvalue weighted by atomic mass is 15.0. The molecule has 3 heteroatoms. The molecule has 0 atom stereocenters. The zero-order valence-electron chi connectivity index (χ0n) is 8.40. The van der Waals surface area contributed by atoms with Crippen molar-refractivity contribution in [2.24, 2.45) is 5.73 Å². The van der Waals surface area contributed by atoms with E-state index in [0.29, 0.717) is 0 Å². The first kappa shape index (κ1) is 9.21. The molecule has 2 aromatic heterocycles. The summed E-state index contributed by atoms with van der Waals surface area (Å²) in [4.78, 5) is 4.53. The topological polar surface area (TPSA) is 43.3 Å². The number of hydrogen-bond donors (Lipinski definition) is 1. The van der Waals surface area contributed by atoms with Crippen molar-refractivity contribution in [2.45, 2.75) is 19.8 Å². The minimum atomic E-state index is 0.723. The minimum Gasteiger partial charge on any atom is -0.330 e. The third-order valence-corrected chi connectivity index (χ3v) is 2.41. The van der Waals surface area contributed by atoms with Crippen LogP contribution in [0.2, 0.25) is 0 Å². The first-order valence-electron chi connectivity index (χ1n) is 4.95. The summed E-state index contributed by atoms with van der Waals surface area (Å²) in [6.07, 6.45) is 4.00. The Bertz CT molecular complexity index is 431. The van der Waals surface area contributed by atoms with Crippen LogP contribution in [0.15, 0.2) is 24.4 Å². The largest absolute Gasteiger partial charge is 0.330 e. The summed E-state index contributed by atoms with van der Waals surface area (Å²) < 4.78 is 2.14. The number of nitrogens with two attached hydrogens (primary N) is 1. The second-order valence-corrected chi connectivity index (χ2v) is 3.46. The molecule has 0 fully saturated rings. The molecule has 74 valence electrons. The first-order chi connectivity index (χ1) is 6.83. The number of nitrogens with zero attached hydrogens (tertiary/aromatic N) is 2. The lowest BCUT2D eigenvalue weighted by Gasteiger charge is -1.98. The molecule has 0 aromatic carbocycles. The summed E-state index contributed by atoms with van der Waals surface area (Å²) >= 11 is 0.